The lowest BCUT2D eigenvalue weighted by Gasteiger charge is -2.23. The van der Waals surface area contributed by atoms with Gasteiger partial charge in [-0.15, -0.1) is 0 Å². The van der Waals surface area contributed by atoms with Gasteiger partial charge < -0.3 is 4.57 Å². The van der Waals surface area contributed by atoms with Crippen molar-refractivity contribution in [3.63, 3.8) is 0 Å². The predicted octanol–water partition coefficient (Wildman–Crippen LogP) is 2.96. The van der Waals surface area contributed by atoms with Crippen LogP contribution in [0.1, 0.15) is 53.1 Å². The third kappa shape index (κ3) is 2.11. The first-order valence-electron chi connectivity index (χ1n) is 6.31. The van der Waals surface area contributed by atoms with Gasteiger partial charge in [0.1, 0.15) is 11.3 Å². The first kappa shape index (κ1) is 13.0. The van der Waals surface area contributed by atoms with Crippen LogP contribution in [-0.2, 0) is 17.9 Å². The molecule has 2 aromatic rings. The van der Waals surface area contributed by atoms with E-state index < -0.39 is 0 Å². The van der Waals surface area contributed by atoms with Crippen molar-refractivity contribution in [3.8, 4) is 0 Å². The van der Waals surface area contributed by atoms with Crippen molar-refractivity contribution < 1.29 is 0 Å². The maximum Gasteiger partial charge on any atom is 0.163 e. The van der Waals surface area contributed by atoms with Gasteiger partial charge in [-0.05, 0) is 0 Å². The first-order valence-corrected chi connectivity index (χ1v) is 6.31. The molecule has 4 nitrogen and oxygen atoms in total. The SMILES string of the molecule is Cn1cnc2c(C(C)(C)C)nc(C(C)(C)C)nc21. The highest BCUT2D eigenvalue weighted by molar-refractivity contribution is 5.74. The van der Waals surface area contributed by atoms with Crippen molar-refractivity contribution in [2.75, 3.05) is 0 Å². The normalized spacial score (nSPS) is 13.3. The number of aryl methyl sites for hydroxylation is 1. The van der Waals surface area contributed by atoms with Crippen molar-refractivity contribution in [2.45, 2.75) is 52.4 Å². The van der Waals surface area contributed by atoms with Crippen molar-refractivity contribution in [2.24, 2.45) is 7.05 Å². The lowest BCUT2D eigenvalue weighted by atomic mass is 9.89. The zero-order valence-corrected chi connectivity index (χ0v) is 12.4. The summed E-state index contributed by atoms with van der Waals surface area (Å²) in [5.41, 5.74) is 2.77. The molecule has 0 N–H and O–H groups in total. The van der Waals surface area contributed by atoms with Gasteiger partial charge in [-0.2, -0.15) is 0 Å². The highest BCUT2D eigenvalue weighted by Gasteiger charge is 2.26. The zero-order valence-electron chi connectivity index (χ0n) is 12.4. The molecule has 98 valence electrons. The van der Waals surface area contributed by atoms with E-state index in [2.05, 4.69) is 51.5 Å². The third-order valence-corrected chi connectivity index (χ3v) is 2.94. The average molecular weight is 246 g/mol. The average Bonchev–Trinajstić information content (AvgIpc) is 2.56. The highest BCUT2D eigenvalue weighted by Crippen LogP contribution is 2.29. The standard InChI is InChI=1S/C14H22N4/c1-13(2,3)10-9-11(18(7)8-15-9)17-12(16-10)14(4,5)6/h8H,1-7H3. The summed E-state index contributed by atoms with van der Waals surface area (Å²) in [5, 5.41) is 0. The van der Waals surface area contributed by atoms with Gasteiger partial charge in [-0.3, -0.25) is 0 Å². The molecular weight excluding hydrogens is 224 g/mol. The predicted molar refractivity (Wildman–Crippen MR) is 73.7 cm³/mol. The van der Waals surface area contributed by atoms with Crippen molar-refractivity contribution >= 4 is 11.2 Å². The summed E-state index contributed by atoms with van der Waals surface area (Å²) in [6, 6.07) is 0. The van der Waals surface area contributed by atoms with Crippen molar-refractivity contribution in [1.29, 1.82) is 0 Å². The van der Waals surface area contributed by atoms with Crippen LogP contribution in [0.2, 0.25) is 0 Å². The minimum Gasteiger partial charge on any atom is -0.318 e. The Hall–Kier alpha value is -1.45. The van der Waals surface area contributed by atoms with Gasteiger partial charge in [0.15, 0.2) is 5.65 Å². The molecule has 0 aliphatic rings. The monoisotopic (exact) mass is 246 g/mol. The molecule has 0 saturated heterocycles. The molecule has 0 spiro atoms. The van der Waals surface area contributed by atoms with Crippen LogP contribution in [-0.4, -0.2) is 19.5 Å². The number of aromatic nitrogens is 4. The summed E-state index contributed by atoms with van der Waals surface area (Å²) in [5.74, 6) is 0.878. The maximum absolute atomic E-state index is 4.77. The van der Waals surface area contributed by atoms with Crippen molar-refractivity contribution in [1.82, 2.24) is 19.5 Å². The van der Waals surface area contributed by atoms with Gasteiger partial charge in [0, 0.05) is 17.9 Å². The molecule has 4 heteroatoms. The minimum atomic E-state index is -0.0571. The lowest BCUT2D eigenvalue weighted by Crippen LogP contribution is -2.22. The summed E-state index contributed by atoms with van der Waals surface area (Å²) in [4.78, 5) is 13.9. The second-order valence-electron chi connectivity index (χ2n) is 6.92. The van der Waals surface area contributed by atoms with Gasteiger partial charge in [0.2, 0.25) is 0 Å². The Kier molecular flexibility index (Phi) is 2.72. The van der Waals surface area contributed by atoms with E-state index in [9.17, 15) is 0 Å². The Labute approximate surface area is 108 Å². The molecule has 0 aliphatic carbocycles. The smallest absolute Gasteiger partial charge is 0.163 e. The summed E-state index contributed by atoms with van der Waals surface area (Å²) < 4.78 is 1.96. The fourth-order valence-corrected chi connectivity index (χ4v) is 1.87. The molecule has 0 fully saturated rings. The number of hydrogen-bond acceptors (Lipinski definition) is 3. The minimum absolute atomic E-state index is 0.0322. The number of nitrogens with zero attached hydrogens (tertiary/aromatic N) is 4. The summed E-state index contributed by atoms with van der Waals surface area (Å²) in [7, 11) is 1.97. The fraction of sp³-hybridized carbons (Fsp3) is 0.643. The molecule has 2 aromatic heterocycles. The molecule has 0 amide bonds. The Morgan fingerprint density at radius 2 is 1.56 bits per heavy atom. The van der Waals surface area contributed by atoms with Gasteiger partial charge in [0.05, 0.1) is 12.0 Å². The van der Waals surface area contributed by atoms with Crippen LogP contribution in [0, 0.1) is 0 Å². The molecular formula is C14H22N4. The molecule has 0 saturated carbocycles. The number of imidazole rings is 1. The highest BCUT2D eigenvalue weighted by atomic mass is 15.1. The molecule has 0 bridgehead atoms. The van der Waals surface area contributed by atoms with E-state index in [4.69, 9.17) is 4.98 Å². The van der Waals surface area contributed by atoms with E-state index in [1.807, 2.05) is 11.6 Å². The Balaban J connectivity index is 2.83. The second-order valence-corrected chi connectivity index (χ2v) is 6.92. The Bertz CT molecular complexity index is 582. The van der Waals surface area contributed by atoms with E-state index in [1.165, 1.54) is 0 Å². The summed E-state index contributed by atoms with van der Waals surface area (Å²) in [6.07, 6.45) is 1.81. The third-order valence-electron chi connectivity index (χ3n) is 2.94. The van der Waals surface area contributed by atoms with Crippen LogP contribution in [0.4, 0.5) is 0 Å². The van der Waals surface area contributed by atoms with Crippen LogP contribution >= 0.6 is 0 Å². The molecule has 0 radical (unpaired) electrons. The summed E-state index contributed by atoms with van der Waals surface area (Å²) in [6.45, 7) is 12.9. The zero-order chi connectivity index (χ0) is 13.7. The van der Waals surface area contributed by atoms with E-state index in [1.54, 1.807) is 6.33 Å². The molecule has 2 heterocycles. The number of hydrogen-bond donors (Lipinski definition) is 0. The van der Waals surface area contributed by atoms with Crippen LogP contribution in [0.3, 0.4) is 0 Å². The number of rotatable bonds is 0. The Morgan fingerprint density at radius 3 is 2.06 bits per heavy atom. The molecule has 0 aliphatic heterocycles. The first-order chi connectivity index (χ1) is 8.10. The molecule has 18 heavy (non-hydrogen) atoms. The van der Waals surface area contributed by atoms with Crippen LogP contribution in [0.25, 0.3) is 11.2 Å². The van der Waals surface area contributed by atoms with Gasteiger partial charge in [-0.25, -0.2) is 15.0 Å². The molecule has 0 unspecified atom stereocenters. The van der Waals surface area contributed by atoms with E-state index in [0.717, 1.165) is 22.7 Å². The van der Waals surface area contributed by atoms with Crippen LogP contribution in [0.15, 0.2) is 6.33 Å². The molecule has 2 rings (SSSR count). The van der Waals surface area contributed by atoms with Gasteiger partial charge >= 0.3 is 0 Å². The van der Waals surface area contributed by atoms with E-state index in [-0.39, 0.29) is 10.8 Å². The maximum atomic E-state index is 4.77. The second kappa shape index (κ2) is 3.77. The van der Waals surface area contributed by atoms with Crippen LogP contribution < -0.4 is 0 Å². The van der Waals surface area contributed by atoms with Crippen molar-refractivity contribution in [3.05, 3.63) is 17.8 Å². The lowest BCUT2D eigenvalue weighted by molar-refractivity contribution is 0.518. The van der Waals surface area contributed by atoms with Gasteiger partial charge in [0.25, 0.3) is 0 Å². The molecule has 0 atom stereocenters. The fourth-order valence-electron chi connectivity index (χ4n) is 1.87. The van der Waals surface area contributed by atoms with E-state index >= 15 is 0 Å². The topological polar surface area (TPSA) is 43.6 Å². The molecule has 0 aromatic carbocycles. The largest absolute Gasteiger partial charge is 0.318 e. The van der Waals surface area contributed by atoms with E-state index in [0.29, 0.717) is 0 Å². The quantitative estimate of drug-likeness (QED) is 0.717. The number of fused-ring (bicyclic) bond motifs is 1. The summed E-state index contributed by atoms with van der Waals surface area (Å²) >= 11 is 0. The van der Waals surface area contributed by atoms with Gasteiger partial charge in [-0.1, -0.05) is 41.5 Å². The Morgan fingerprint density at radius 1 is 0.944 bits per heavy atom. The van der Waals surface area contributed by atoms with Crippen LogP contribution in [0.5, 0.6) is 0 Å².